The van der Waals surface area contributed by atoms with Crippen LogP contribution in [0.4, 0.5) is 0 Å². The third-order valence-corrected chi connectivity index (χ3v) is 6.75. The Kier molecular flexibility index (Phi) is 4.09. The maximum atomic E-state index is 12.8. The zero-order chi connectivity index (χ0) is 17.4. The SMILES string of the molecule is Cn1c(Cc2ccccc2)nc2cc(S(=O)(=O)N3CCCC3)ccc21. The molecule has 0 radical (unpaired) electrons. The number of aromatic nitrogens is 2. The van der Waals surface area contributed by atoms with E-state index in [1.165, 1.54) is 5.56 Å². The summed E-state index contributed by atoms with van der Waals surface area (Å²) in [6, 6.07) is 15.4. The van der Waals surface area contributed by atoms with Crippen molar-refractivity contribution in [3.8, 4) is 0 Å². The van der Waals surface area contributed by atoms with Gasteiger partial charge in [-0.1, -0.05) is 30.3 Å². The van der Waals surface area contributed by atoms with E-state index in [4.69, 9.17) is 0 Å². The quantitative estimate of drug-likeness (QED) is 0.723. The van der Waals surface area contributed by atoms with Crippen molar-refractivity contribution in [2.24, 2.45) is 7.05 Å². The Labute approximate surface area is 148 Å². The first kappa shape index (κ1) is 16.3. The number of fused-ring (bicyclic) bond motifs is 1. The molecule has 4 rings (SSSR count). The number of sulfonamides is 1. The number of rotatable bonds is 4. The third kappa shape index (κ3) is 2.96. The standard InChI is InChI=1S/C19H21N3O2S/c1-21-18-10-9-16(25(23,24)22-11-5-6-12-22)14-17(18)20-19(21)13-15-7-3-2-4-8-15/h2-4,7-10,14H,5-6,11-13H2,1H3. The van der Waals surface area contributed by atoms with Gasteiger partial charge in [0.2, 0.25) is 10.0 Å². The molecule has 1 aromatic heterocycles. The van der Waals surface area contributed by atoms with E-state index in [0.29, 0.717) is 18.0 Å². The molecule has 0 N–H and O–H groups in total. The van der Waals surface area contributed by atoms with E-state index in [0.717, 1.165) is 36.1 Å². The Morgan fingerprint density at radius 1 is 1.04 bits per heavy atom. The largest absolute Gasteiger partial charge is 0.331 e. The molecule has 5 nitrogen and oxygen atoms in total. The maximum absolute atomic E-state index is 12.8. The third-order valence-electron chi connectivity index (χ3n) is 4.85. The number of imidazole rings is 1. The number of aryl methyl sites for hydroxylation is 1. The van der Waals surface area contributed by atoms with Gasteiger partial charge in [0, 0.05) is 26.6 Å². The van der Waals surface area contributed by atoms with Crippen LogP contribution in [0.15, 0.2) is 53.4 Å². The van der Waals surface area contributed by atoms with Crippen LogP contribution < -0.4 is 0 Å². The molecule has 2 heterocycles. The molecule has 0 bridgehead atoms. The molecule has 6 heteroatoms. The predicted molar refractivity (Wildman–Crippen MR) is 98.0 cm³/mol. The maximum Gasteiger partial charge on any atom is 0.243 e. The lowest BCUT2D eigenvalue weighted by Gasteiger charge is -2.15. The van der Waals surface area contributed by atoms with Crippen molar-refractivity contribution in [3.05, 3.63) is 59.9 Å². The van der Waals surface area contributed by atoms with E-state index in [-0.39, 0.29) is 0 Å². The molecule has 0 unspecified atom stereocenters. The fraction of sp³-hybridized carbons (Fsp3) is 0.316. The fourth-order valence-electron chi connectivity index (χ4n) is 3.40. The minimum absolute atomic E-state index is 0.339. The number of hydrogen-bond donors (Lipinski definition) is 0. The van der Waals surface area contributed by atoms with E-state index in [1.54, 1.807) is 16.4 Å². The monoisotopic (exact) mass is 355 g/mol. The predicted octanol–water partition coefficient (Wildman–Crippen LogP) is 2.95. The second-order valence-corrected chi connectivity index (χ2v) is 8.45. The molecular weight excluding hydrogens is 334 g/mol. The summed E-state index contributed by atoms with van der Waals surface area (Å²) in [4.78, 5) is 5.03. The molecule has 1 saturated heterocycles. The zero-order valence-corrected chi connectivity index (χ0v) is 15.0. The first-order valence-corrected chi connectivity index (χ1v) is 9.99. The van der Waals surface area contributed by atoms with E-state index in [1.807, 2.05) is 35.9 Å². The Morgan fingerprint density at radius 3 is 2.48 bits per heavy atom. The number of hydrogen-bond acceptors (Lipinski definition) is 3. The molecule has 130 valence electrons. The summed E-state index contributed by atoms with van der Waals surface area (Å²) in [5, 5.41) is 0. The van der Waals surface area contributed by atoms with Crippen molar-refractivity contribution in [3.63, 3.8) is 0 Å². The van der Waals surface area contributed by atoms with Crippen LogP contribution >= 0.6 is 0 Å². The van der Waals surface area contributed by atoms with Crippen LogP contribution in [0.2, 0.25) is 0 Å². The molecule has 0 amide bonds. The minimum atomic E-state index is -3.41. The highest BCUT2D eigenvalue weighted by molar-refractivity contribution is 7.89. The Bertz CT molecular complexity index is 1000. The van der Waals surface area contributed by atoms with Crippen LogP contribution in [-0.2, 0) is 23.5 Å². The Morgan fingerprint density at radius 2 is 1.76 bits per heavy atom. The van der Waals surface area contributed by atoms with Crippen molar-refractivity contribution < 1.29 is 8.42 Å². The van der Waals surface area contributed by atoms with Gasteiger partial charge in [0.05, 0.1) is 15.9 Å². The molecule has 0 spiro atoms. The fourth-order valence-corrected chi connectivity index (χ4v) is 4.94. The van der Waals surface area contributed by atoms with Gasteiger partial charge in [-0.25, -0.2) is 13.4 Å². The van der Waals surface area contributed by atoms with E-state index >= 15 is 0 Å². The van der Waals surface area contributed by atoms with Gasteiger partial charge in [-0.15, -0.1) is 0 Å². The molecule has 0 saturated carbocycles. The molecule has 3 aromatic rings. The summed E-state index contributed by atoms with van der Waals surface area (Å²) < 4.78 is 29.1. The summed E-state index contributed by atoms with van der Waals surface area (Å²) in [5.74, 6) is 0.928. The van der Waals surface area contributed by atoms with Crippen LogP contribution in [0.25, 0.3) is 11.0 Å². The summed E-state index contributed by atoms with van der Waals surface area (Å²) in [7, 11) is -1.43. The summed E-state index contributed by atoms with van der Waals surface area (Å²) in [6.07, 6.45) is 2.60. The smallest absolute Gasteiger partial charge is 0.243 e. The molecule has 1 aliphatic heterocycles. The van der Waals surface area contributed by atoms with E-state index in [2.05, 4.69) is 17.1 Å². The Hall–Kier alpha value is -2.18. The van der Waals surface area contributed by atoms with Crippen molar-refractivity contribution >= 4 is 21.1 Å². The molecule has 2 aromatic carbocycles. The number of benzene rings is 2. The summed E-state index contributed by atoms with van der Waals surface area (Å²) in [5.41, 5.74) is 2.87. The summed E-state index contributed by atoms with van der Waals surface area (Å²) in [6.45, 7) is 1.23. The normalized spacial score (nSPS) is 15.9. The van der Waals surface area contributed by atoms with Crippen LogP contribution in [-0.4, -0.2) is 35.4 Å². The van der Waals surface area contributed by atoms with Crippen LogP contribution in [0.5, 0.6) is 0 Å². The van der Waals surface area contributed by atoms with Crippen LogP contribution in [0.1, 0.15) is 24.2 Å². The average Bonchev–Trinajstić information content (AvgIpc) is 3.25. The van der Waals surface area contributed by atoms with Gasteiger partial charge in [0.25, 0.3) is 0 Å². The molecule has 25 heavy (non-hydrogen) atoms. The van der Waals surface area contributed by atoms with Gasteiger partial charge >= 0.3 is 0 Å². The Balaban J connectivity index is 1.72. The van der Waals surface area contributed by atoms with Crippen molar-refractivity contribution in [2.75, 3.05) is 13.1 Å². The van der Waals surface area contributed by atoms with Gasteiger partial charge in [-0.2, -0.15) is 4.31 Å². The lowest BCUT2D eigenvalue weighted by atomic mass is 10.1. The summed E-state index contributed by atoms with van der Waals surface area (Å²) >= 11 is 0. The second kappa shape index (κ2) is 6.28. The van der Waals surface area contributed by atoms with Gasteiger partial charge in [0.1, 0.15) is 5.82 Å². The van der Waals surface area contributed by atoms with Gasteiger partial charge in [0.15, 0.2) is 0 Å². The second-order valence-electron chi connectivity index (χ2n) is 6.51. The topological polar surface area (TPSA) is 55.2 Å². The molecule has 0 aliphatic carbocycles. The van der Waals surface area contributed by atoms with E-state index in [9.17, 15) is 8.42 Å². The number of nitrogens with zero attached hydrogens (tertiary/aromatic N) is 3. The highest BCUT2D eigenvalue weighted by Gasteiger charge is 2.27. The average molecular weight is 355 g/mol. The van der Waals surface area contributed by atoms with Crippen molar-refractivity contribution in [2.45, 2.75) is 24.2 Å². The van der Waals surface area contributed by atoms with Crippen LogP contribution in [0.3, 0.4) is 0 Å². The minimum Gasteiger partial charge on any atom is -0.331 e. The lowest BCUT2D eigenvalue weighted by molar-refractivity contribution is 0.477. The molecule has 1 fully saturated rings. The van der Waals surface area contributed by atoms with Gasteiger partial charge < -0.3 is 4.57 Å². The highest BCUT2D eigenvalue weighted by atomic mass is 32.2. The lowest BCUT2D eigenvalue weighted by Crippen LogP contribution is -2.27. The van der Waals surface area contributed by atoms with Gasteiger partial charge in [-0.05, 0) is 36.6 Å². The van der Waals surface area contributed by atoms with Crippen LogP contribution in [0, 0.1) is 0 Å². The zero-order valence-electron chi connectivity index (χ0n) is 14.2. The van der Waals surface area contributed by atoms with Crippen molar-refractivity contribution in [1.82, 2.24) is 13.9 Å². The first-order chi connectivity index (χ1) is 12.1. The van der Waals surface area contributed by atoms with Crippen molar-refractivity contribution in [1.29, 1.82) is 0 Å². The first-order valence-electron chi connectivity index (χ1n) is 8.55. The molecular formula is C19H21N3O2S. The van der Waals surface area contributed by atoms with E-state index < -0.39 is 10.0 Å². The molecule has 1 aliphatic rings. The molecule has 0 atom stereocenters. The highest BCUT2D eigenvalue weighted by Crippen LogP contribution is 2.25. The van der Waals surface area contributed by atoms with Gasteiger partial charge in [-0.3, -0.25) is 0 Å².